The van der Waals surface area contributed by atoms with Crippen molar-refractivity contribution in [2.24, 2.45) is 10.9 Å². The number of aliphatic imine (C=N–C) groups is 1. The van der Waals surface area contributed by atoms with E-state index in [9.17, 15) is 0 Å². The van der Waals surface area contributed by atoms with E-state index >= 15 is 0 Å². The van der Waals surface area contributed by atoms with Crippen LogP contribution in [0.5, 0.6) is 0 Å². The molecule has 1 aliphatic carbocycles. The molecular formula is C10H13NO. The normalized spacial score (nSPS) is 32.9. The summed E-state index contributed by atoms with van der Waals surface area (Å²) < 4.78 is 0. The van der Waals surface area contributed by atoms with Gasteiger partial charge in [-0.05, 0) is 24.5 Å². The van der Waals surface area contributed by atoms with Crippen LogP contribution in [-0.2, 0) is 0 Å². The lowest BCUT2D eigenvalue weighted by Gasteiger charge is -2.27. The lowest BCUT2D eigenvalue weighted by molar-refractivity contribution is 0.313. The summed E-state index contributed by atoms with van der Waals surface area (Å²) in [4.78, 5) is 4.38. The SMILES string of the molecule is OCC1=CCC2N=CC=CC2C1. The molecule has 2 rings (SSSR count). The molecule has 0 saturated heterocycles. The van der Waals surface area contributed by atoms with Gasteiger partial charge >= 0.3 is 0 Å². The van der Waals surface area contributed by atoms with Gasteiger partial charge in [-0.15, -0.1) is 0 Å². The van der Waals surface area contributed by atoms with E-state index in [0.717, 1.165) is 18.4 Å². The topological polar surface area (TPSA) is 32.6 Å². The van der Waals surface area contributed by atoms with E-state index in [4.69, 9.17) is 5.11 Å². The summed E-state index contributed by atoms with van der Waals surface area (Å²) in [5.74, 6) is 0.530. The molecule has 2 heteroatoms. The Labute approximate surface area is 72.3 Å². The Morgan fingerprint density at radius 1 is 1.58 bits per heavy atom. The standard InChI is InChI=1S/C10H13NO/c12-7-8-3-4-10-9(6-8)2-1-5-11-10/h1-3,5,9-10,12H,4,6-7H2. The highest BCUT2D eigenvalue weighted by Crippen LogP contribution is 2.28. The van der Waals surface area contributed by atoms with E-state index in [-0.39, 0.29) is 6.61 Å². The molecule has 64 valence electrons. The Kier molecular flexibility index (Phi) is 2.09. The quantitative estimate of drug-likeness (QED) is 0.581. The minimum absolute atomic E-state index is 0.209. The van der Waals surface area contributed by atoms with E-state index in [0.29, 0.717) is 12.0 Å². The molecule has 0 aromatic heterocycles. The molecule has 1 N–H and O–H groups in total. The van der Waals surface area contributed by atoms with Gasteiger partial charge < -0.3 is 5.11 Å². The minimum atomic E-state index is 0.209. The van der Waals surface area contributed by atoms with Crippen LogP contribution in [0.15, 0.2) is 28.8 Å². The number of allylic oxidation sites excluding steroid dienone is 1. The van der Waals surface area contributed by atoms with Crippen molar-refractivity contribution in [3.05, 3.63) is 23.8 Å². The largest absolute Gasteiger partial charge is 0.392 e. The molecule has 0 aromatic carbocycles. The van der Waals surface area contributed by atoms with Crippen molar-refractivity contribution < 1.29 is 5.11 Å². The fourth-order valence-corrected chi connectivity index (χ4v) is 1.83. The Morgan fingerprint density at radius 2 is 2.50 bits per heavy atom. The fourth-order valence-electron chi connectivity index (χ4n) is 1.83. The Bertz CT molecular complexity index is 253. The predicted octanol–water partition coefficient (Wildman–Crippen LogP) is 1.32. The minimum Gasteiger partial charge on any atom is -0.392 e. The number of aliphatic hydroxyl groups is 1. The number of hydrogen-bond acceptors (Lipinski definition) is 2. The van der Waals surface area contributed by atoms with Crippen LogP contribution in [0.2, 0.25) is 0 Å². The summed E-state index contributed by atoms with van der Waals surface area (Å²) in [5.41, 5.74) is 1.16. The lowest BCUT2D eigenvalue weighted by Crippen LogP contribution is -2.23. The number of fused-ring (bicyclic) bond motifs is 1. The molecule has 0 bridgehead atoms. The molecule has 0 amide bonds. The molecule has 0 spiro atoms. The van der Waals surface area contributed by atoms with Crippen molar-refractivity contribution in [1.82, 2.24) is 0 Å². The van der Waals surface area contributed by atoms with E-state index in [1.54, 1.807) is 0 Å². The van der Waals surface area contributed by atoms with Gasteiger partial charge in [-0.1, -0.05) is 12.2 Å². The second-order valence-corrected chi connectivity index (χ2v) is 3.37. The maximum atomic E-state index is 8.95. The van der Waals surface area contributed by atoms with Gasteiger partial charge in [-0.2, -0.15) is 0 Å². The molecule has 2 atom stereocenters. The highest BCUT2D eigenvalue weighted by atomic mass is 16.3. The maximum Gasteiger partial charge on any atom is 0.0642 e. The van der Waals surface area contributed by atoms with Crippen molar-refractivity contribution >= 4 is 6.21 Å². The zero-order valence-corrected chi connectivity index (χ0v) is 6.98. The van der Waals surface area contributed by atoms with Crippen molar-refractivity contribution in [3.8, 4) is 0 Å². The van der Waals surface area contributed by atoms with Gasteiger partial charge in [0.1, 0.15) is 0 Å². The number of rotatable bonds is 1. The second kappa shape index (κ2) is 3.23. The molecule has 1 aliphatic heterocycles. The average molecular weight is 163 g/mol. The van der Waals surface area contributed by atoms with Gasteiger partial charge in [-0.25, -0.2) is 0 Å². The monoisotopic (exact) mass is 163 g/mol. The molecule has 2 aliphatic rings. The third-order valence-corrected chi connectivity index (χ3v) is 2.57. The Balaban J connectivity index is 2.12. The van der Waals surface area contributed by atoms with Crippen molar-refractivity contribution in [3.63, 3.8) is 0 Å². The first-order valence-corrected chi connectivity index (χ1v) is 4.39. The van der Waals surface area contributed by atoms with Gasteiger partial charge in [0, 0.05) is 12.1 Å². The van der Waals surface area contributed by atoms with Gasteiger partial charge in [0.2, 0.25) is 0 Å². The first kappa shape index (κ1) is 7.74. The number of dihydropyridines is 1. The summed E-state index contributed by atoms with van der Waals surface area (Å²) >= 11 is 0. The molecule has 2 unspecified atom stereocenters. The molecule has 2 nitrogen and oxygen atoms in total. The summed E-state index contributed by atoms with van der Waals surface area (Å²) in [5, 5.41) is 8.95. The van der Waals surface area contributed by atoms with E-state index in [2.05, 4.69) is 17.1 Å². The molecule has 12 heavy (non-hydrogen) atoms. The van der Waals surface area contributed by atoms with E-state index < -0.39 is 0 Å². The third kappa shape index (κ3) is 1.34. The van der Waals surface area contributed by atoms with E-state index in [1.165, 1.54) is 0 Å². The predicted molar refractivity (Wildman–Crippen MR) is 49.3 cm³/mol. The van der Waals surface area contributed by atoms with Gasteiger partial charge in [0.05, 0.1) is 12.6 Å². The highest BCUT2D eigenvalue weighted by Gasteiger charge is 2.23. The first-order valence-electron chi connectivity index (χ1n) is 4.39. The number of hydrogen-bond donors (Lipinski definition) is 1. The number of nitrogens with zero attached hydrogens (tertiary/aromatic N) is 1. The summed E-state index contributed by atoms with van der Waals surface area (Å²) in [6, 6.07) is 0.435. The zero-order valence-electron chi connectivity index (χ0n) is 6.98. The summed E-state index contributed by atoms with van der Waals surface area (Å²) in [6.45, 7) is 0.209. The molecule has 0 fully saturated rings. The van der Waals surface area contributed by atoms with Crippen LogP contribution in [0.1, 0.15) is 12.8 Å². The first-order chi connectivity index (χ1) is 5.90. The zero-order chi connectivity index (χ0) is 8.39. The molecule has 0 saturated carbocycles. The third-order valence-electron chi connectivity index (χ3n) is 2.57. The van der Waals surface area contributed by atoms with Crippen LogP contribution >= 0.6 is 0 Å². The second-order valence-electron chi connectivity index (χ2n) is 3.37. The van der Waals surface area contributed by atoms with E-state index in [1.807, 2.05) is 12.3 Å². The molecular weight excluding hydrogens is 150 g/mol. The van der Waals surface area contributed by atoms with Crippen LogP contribution in [0.4, 0.5) is 0 Å². The van der Waals surface area contributed by atoms with Crippen molar-refractivity contribution in [1.29, 1.82) is 0 Å². The van der Waals surface area contributed by atoms with Crippen LogP contribution in [0.25, 0.3) is 0 Å². The van der Waals surface area contributed by atoms with Crippen LogP contribution in [-0.4, -0.2) is 24.0 Å². The fraction of sp³-hybridized carbons (Fsp3) is 0.500. The van der Waals surface area contributed by atoms with Gasteiger partial charge in [0.25, 0.3) is 0 Å². The van der Waals surface area contributed by atoms with Crippen LogP contribution < -0.4 is 0 Å². The van der Waals surface area contributed by atoms with Crippen molar-refractivity contribution in [2.75, 3.05) is 6.61 Å². The molecule has 0 aromatic rings. The lowest BCUT2D eigenvalue weighted by atomic mass is 9.84. The van der Waals surface area contributed by atoms with Crippen LogP contribution in [0, 0.1) is 5.92 Å². The molecule has 1 heterocycles. The average Bonchev–Trinajstić information content (AvgIpc) is 2.17. The summed E-state index contributed by atoms with van der Waals surface area (Å²) in [6.07, 6.45) is 10.2. The maximum absolute atomic E-state index is 8.95. The Morgan fingerprint density at radius 3 is 3.33 bits per heavy atom. The highest BCUT2D eigenvalue weighted by molar-refractivity contribution is 5.72. The van der Waals surface area contributed by atoms with Crippen molar-refractivity contribution in [2.45, 2.75) is 18.9 Å². The molecule has 0 radical (unpaired) electrons. The van der Waals surface area contributed by atoms with Gasteiger partial charge in [0.15, 0.2) is 0 Å². The van der Waals surface area contributed by atoms with Gasteiger partial charge in [-0.3, -0.25) is 4.99 Å². The smallest absolute Gasteiger partial charge is 0.0642 e. The summed E-state index contributed by atoms with van der Waals surface area (Å²) in [7, 11) is 0. The number of aliphatic hydroxyl groups excluding tert-OH is 1. The Hall–Kier alpha value is -0.890. The van der Waals surface area contributed by atoms with Crippen LogP contribution in [0.3, 0.4) is 0 Å².